The van der Waals surface area contributed by atoms with Crippen molar-refractivity contribution in [3.8, 4) is 0 Å². The van der Waals surface area contributed by atoms with Crippen LogP contribution in [0, 0.1) is 5.92 Å². The third-order valence-corrected chi connectivity index (χ3v) is 3.71. The summed E-state index contributed by atoms with van der Waals surface area (Å²) in [5, 5.41) is 3.64. The van der Waals surface area contributed by atoms with E-state index in [1.165, 1.54) is 58.3 Å². The molecule has 1 heterocycles. The van der Waals surface area contributed by atoms with Crippen LogP contribution in [0.15, 0.2) is 0 Å². The summed E-state index contributed by atoms with van der Waals surface area (Å²) in [5.41, 5.74) is 0.276. The SMILES string of the molecule is CCCCCN1CCC(CNC(C)(C)C)CC1. The second-order valence-electron chi connectivity index (χ2n) is 6.62. The van der Waals surface area contributed by atoms with Crippen LogP contribution in [0.3, 0.4) is 0 Å². The van der Waals surface area contributed by atoms with Crippen molar-refractivity contribution in [2.75, 3.05) is 26.2 Å². The molecule has 0 amide bonds. The van der Waals surface area contributed by atoms with Gasteiger partial charge in [-0.25, -0.2) is 0 Å². The van der Waals surface area contributed by atoms with Crippen LogP contribution < -0.4 is 5.32 Å². The van der Waals surface area contributed by atoms with Crippen LogP contribution in [-0.4, -0.2) is 36.6 Å². The Kier molecular flexibility index (Phi) is 6.50. The first-order valence-corrected chi connectivity index (χ1v) is 7.48. The summed E-state index contributed by atoms with van der Waals surface area (Å²) < 4.78 is 0. The summed E-state index contributed by atoms with van der Waals surface area (Å²) in [6.07, 6.45) is 6.89. The zero-order valence-electron chi connectivity index (χ0n) is 12.4. The molecule has 1 aliphatic heterocycles. The molecule has 1 saturated heterocycles. The van der Waals surface area contributed by atoms with E-state index >= 15 is 0 Å². The summed E-state index contributed by atoms with van der Waals surface area (Å²) in [5.74, 6) is 0.900. The Morgan fingerprint density at radius 2 is 1.76 bits per heavy atom. The molecule has 0 aromatic heterocycles. The first-order chi connectivity index (χ1) is 8.01. The van der Waals surface area contributed by atoms with E-state index < -0.39 is 0 Å². The minimum Gasteiger partial charge on any atom is -0.312 e. The van der Waals surface area contributed by atoms with Crippen molar-refractivity contribution in [3.05, 3.63) is 0 Å². The van der Waals surface area contributed by atoms with Crippen molar-refractivity contribution >= 4 is 0 Å². The van der Waals surface area contributed by atoms with E-state index in [2.05, 4.69) is 37.9 Å². The number of nitrogens with one attached hydrogen (secondary N) is 1. The highest BCUT2D eigenvalue weighted by molar-refractivity contribution is 4.77. The van der Waals surface area contributed by atoms with Crippen LogP contribution in [-0.2, 0) is 0 Å². The quantitative estimate of drug-likeness (QED) is 0.717. The first-order valence-electron chi connectivity index (χ1n) is 7.48. The normalized spacial score (nSPS) is 19.8. The van der Waals surface area contributed by atoms with Crippen molar-refractivity contribution in [2.45, 2.75) is 65.3 Å². The van der Waals surface area contributed by atoms with Crippen LogP contribution in [0.25, 0.3) is 0 Å². The average molecular weight is 240 g/mol. The third-order valence-electron chi connectivity index (χ3n) is 3.71. The molecule has 1 aliphatic rings. The Morgan fingerprint density at radius 1 is 1.12 bits per heavy atom. The number of nitrogens with zero attached hydrogens (tertiary/aromatic N) is 1. The van der Waals surface area contributed by atoms with E-state index in [0.717, 1.165) is 5.92 Å². The highest BCUT2D eigenvalue weighted by atomic mass is 15.1. The van der Waals surface area contributed by atoms with E-state index in [1.807, 2.05) is 0 Å². The van der Waals surface area contributed by atoms with Gasteiger partial charge in [0.05, 0.1) is 0 Å². The Morgan fingerprint density at radius 3 is 2.29 bits per heavy atom. The van der Waals surface area contributed by atoms with E-state index in [-0.39, 0.29) is 5.54 Å². The topological polar surface area (TPSA) is 15.3 Å². The summed E-state index contributed by atoms with van der Waals surface area (Å²) in [6, 6.07) is 0. The Labute approximate surface area is 108 Å². The number of rotatable bonds is 6. The van der Waals surface area contributed by atoms with Crippen molar-refractivity contribution in [1.82, 2.24) is 10.2 Å². The van der Waals surface area contributed by atoms with Crippen molar-refractivity contribution in [3.63, 3.8) is 0 Å². The lowest BCUT2D eigenvalue weighted by Gasteiger charge is -2.33. The van der Waals surface area contributed by atoms with Gasteiger partial charge in [-0.1, -0.05) is 19.8 Å². The zero-order chi connectivity index (χ0) is 12.7. The largest absolute Gasteiger partial charge is 0.312 e. The van der Waals surface area contributed by atoms with Gasteiger partial charge in [-0.15, -0.1) is 0 Å². The monoisotopic (exact) mass is 240 g/mol. The molecule has 1 fully saturated rings. The van der Waals surface area contributed by atoms with E-state index in [9.17, 15) is 0 Å². The number of unbranched alkanes of at least 4 members (excludes halogenated alkanes) is 2. The lowest BCUT2D eigenvalue weighted by atomic mass is 9.95. The third kappa shape index (κ3) is 7.05. The molecule has 0 bridgehead atoms. The first kappa shape index (κ1) is 15.0. The molecule has 0 saturated carbocycles. The van der Waals surface area contributed by atoms with Gasteiger partial charge >= 0.3 is 0 Å². The second kappa shape index (κ2) is 7.38. The average Bonchev–Trinajstić information content (AvgIpc) is 2.27. The Balaban J connectivity index is 2.09. The molecule has 1 rings (SSSR count). The van der Waals surface area contributed by atoms with Gasteiger partial charge in [0.1, 0.15) is 0 Å². The minimum atomic E-state index is 0.276. The standard InChI is InChI=1S/C15H32N2/c1-5-6-7-10-17-11-8-14(9-12-17)13-16-15(2,3)4/h14,16H,5-13H2,1-4H3. The maximum absolute atomic E-state index is 3.64. The number of piperidine rings is 1. The lowest BCUT2D eigenvalue weighted by Crippen LogP contribution is -2.43. The summed E-state index contributed by atoms with van der Waals surface area (Å²) in [7, 11) is 0. The molecule has 17 heavy (non-hydrogen) atoms. The highest BCUT2D eigenvalue weighted by Crippen LogP contribution is 2.17. The maximum atomic E-state index is 3.64. The van der Waals surface area contributed by atoms with E-state index in [4.69, 9.17) is 0 Å². The van der Waals surface area contributed by atoms with Gasteiger partial charge in [0, 0.05) is 5.54 Å². The zero-order valence-corrected chi connectivity index (χ0v) is 12.4. The minimum absolute atomic E-state index is 0.276. The summed E-state index contributed by atoms with van der Waals surface area (Å²) in [6.45, 7) is 14.2. The fourth-order valence-corrected chi connectivity index (χ4v) is 2.45. The van der Waals surface area contributed by atoms with Gasteiger partial charge in [0.25, 0.3) is 0 Å². The maximum Gasteiger partial charge on any atom is 0.00966 e. The Hall–Kier alpha value is -0.0800. The summed E-state index contributed by atoms with van der Waals surface area (Å²) >= 11 is 0. The second-order valence-corrected chi connectivity index (χ2v) is 6.62. The Bertz CT molecular complexity index is 188. The molecule has 0 aliphatic carbocycles. The smallest absolute Gasteiger partial charge is 0.00966 e. The molecule has 2 nitrogen and oxygen atoms in total. The molecule has 0 radical (unpaired) electrons. The van der Waals surface area contributed by atoms with Crippen molar-refractivity contribution < 1.29 is 0 Å². The van der Waals surface area contributed by atoms with Crippen LogP contribution >= 0.6 is 0 Å². The fourth-order valence-electron chi connectivity index (χ4n) is 2.45. The molecule has 0 aromatic rings. The highest BCUT2D eigenvalue weighted by Gasteiger charge is 2.20. The van der Waals surface area contributed by atoms with E-state index in [1.54, 1.807) is 0 Å². The van der Waals surface area contributed by atoms with Gasteiger partial charge < -0.3 is 10.2 Å². The molecular weight excluding hydrogens is 208 g/mol. The lowest BCUT2D eigenvalue weighted by molar-refractivity contribution is 0.174. The number of hydrogen-bond donors (Lipinski definition) is 1. The number of hydrogen-bond acceptors (Lipinski definition) is 2. The molecule has 0 aromatic carbocycles. The van der Waals surface area contributed by atoms with Gasteiger partial charge in [-0.3, -0.25) is 0 Å². The van der Waals surface area contributed by atoms with Crippen LogP contribution in [0.5, 0.6) is 0 Å². The van der Waals surface area contributed by atoms with Crippen molar-refractivity contribution in [2.24, 2.45) is 5.92 Å². The predicted octanol–water partition coefficient (Wildman–Crippen LogP) is 3.28. The van der Waals surface area contributed by atoms with Gasteiger partial charge in [0.2, 0.25) is 0 Å². The van der Waals surface area contributed by atoms with Crippen LogP contribution in [0.4, 0.5) is 0 Å². The summed E-state index contributed by atoms with van der Waals surface area (Å²) in [4.78, 5) is 2.66. The van der Waals surface area contributed by atoms with Gasteiger partial charge in [-0.2, -0.15) is 0 Å². The molecule has 0 unspecified atom stereocenters. The molecular formula is C15H32N2. The van der Waals surface area contributed by atoms with Crippen LogP contribution in [0.1, 0.15) is 59.8 Å². The molecule has 2 heteroatoms. The van der Waals surface area contributed by atoms with E-state index in [0.29, 0.717) is 0 Å². The molecule has 0 atom stereocenters. The van der Waals surface area contributed by atoms with Gasteiger partial charge in [0.15, 0.2) is 0 Å². The molecule has 1 N–H and O–H groups in total. The number of likely N-dealkylation sites (tertiary alicyclic amines) is 1. The van der Waals surface area contributed by atoms with Gasteiger partial charge in [-0.05, 0) is 72.1 Å². The van der Waals surface area contributed by atoms with Crippen LogP contribution in [0.2, 0.25) is 0 Å². The van der Waals surface area contributed by atoms with Crippen molar-refractivity contribution in [1.29, 1.82) is 0 Å². The molecule has 102 valence electrons. The predicted molar refractivity (Wildman–Crippen MR) is 76.4 cm³/mol. The molecule has 0 spiro atoms. The fraction of sp³-hybridized carbons (Fsp3) is 1.00.